The highest BCUT2D eigenvalue weighted by atomic mass is 16.6. The SMILES string of the molecule is COC(=O)c1ccc(C(COc2cc(C=C3CCN(C(=O)OC(C)(C)C)CC3)ccc2C(=O)OC)C2CCN(C(=O)OC(C)(C)C)CC2)cc1OC. The van der Waals surface area contributed by atoms with E-state index in [2.05, 4.69) is 6.08 Å². The lowest BCUT2D eigenvalue weighted by molar-refractivity contribution is 0.0165. The smallest absolute Gasteiger partial charge is 0.410 e. The molecule has 1 atom stereocenters. The number of likely N-dealkylation sites (tertiary alicyclic amines) is 2. The normalized spacial score (nSPS) is 16.1. The Morgan fingerprint density at radius 3 is 1.77 bits per heavy atom. The van der Waals surface area contributed by atoms with Gasteiger partial charge in [0.05, 0.1) is 27.9 Å². The molecule has 1 unspecified atom stereocenters. The second-order valence-corrected chi connectivity index (χ2v) is 15.2. The third kappa shape index (κ3) is 10.9. The first kappa shape index (κ1) is 40.0. The van der Waals surface area contributed by atoms with Crippen LogP contribution in [0.25, 0.3) is 6.08 Å². The maximum Gasteiger partial charge on any atom is 0.410 e. The minimum absolute atomic E-state index is 0.0920. The van der Waals surface area contributed by atoms with E-state index in [0.29, 0.717) is 74.5 Å². The number of ether oxygens (including phenoxy) is 6. The predicted molar refractivity (Wildman–Crippen MR) is 196 cm³/mol. The van der Waals surface area contributed by atoms with Gasteiger partial charge in [0.25, 0.3) is 0 Å². The summed E-state index contributed by atoms with van der Waals surface area (Å²) in [6, 6.07) is 10.8. The second kappa shape index (κ2) is 17.2. The zero-order valence-corrected chi connectivity index (χ0v) is 32.0. The Balaban J connectivity index is 1.59. The second-order valence-electron chi connectivity index (χ2n) is 15.2. The van der Waals surface area contributed by atoms with Crippen LogP contribution in [0.1, 0.15) is 105 Å². The standard InChI is InChI=1S/C40H54N2O10/c1-39(2,3)51-37(45)41-18-14-26(15-19-41)22-27-10-12-31(36(44)49-9)34(23-27)50-25-32(29-11-13-30(35(43)48-8)33(24-29)47-7)28-16-20-42(21-17-28)38(46)52-40(4,5)6/h10-13,22-24,28,32H,14-21,25H2,1-9H3. The van der Waals surface area contributed by atoms with Crippen LogP contribution in [0.4, 0.5) is 9.59 Å². The van der Waals surface area contributed by atoms with Crippen molar-refractivity contribution in [1.29, 1.82) is 0 Å². The van der Waals surface area contributed by atoms with Crippen molar-refractivity contribution in [2.24, 2.45) is 5.92 Å². The van der Waals surface area contributed by atoms with Crippen LogP contribution in [0.2, 0.25) is 0 Å². The fraction of sp³-hybridized carbons (Fsp3) is 0.550. The van der Waals surface area contributed by atoms with Gasteiger partial charge in [0.2, 0.25) is 0 Å². The van der Waals surface area contributed by atoms with E-state index in [1.165, 1.54) is 26.9 Å². The molecule has 2 aromatic rings. The Hall–Kier alpha value is -4.74. The zero-order valence-electron chi connectivity index (χ0n) is 32.0. The van der Waals surface area contributed by atoms with Crippen LogP contribution >= 0.6 is 0 Å². The van der Waals surface area contributed by atoms with E-state index in [-0.39, 0.29) is 30.6 Å². The summed E-state index contributed by atoms with van der Waals surface area (Å²) in [6.45, 7) is 13.4. The van der Waals surface area contributed by atoms with Crippen LogP contribution in [-0.2, 0) is 18.9 Å². The maximum atomic E-state index is 12.9. The van der Waals surface area contributed by atoms with Gasteiger partial charge in [-0.3, -0.25) is 0 Å². The molecule has 0 aliphatic carbocycles. The summed E-state index contributed by atoms with van der Waals surface area (Å²) < 4.78 is 33.3. The highest BCUT2D eigenvalue weighted by molar-refractivity contribution is 5.93. The highest BCUT2D eigenvalue weighted by Gasteiger charge is 2.33. The predicted octanol–water partition coefficient (Wildman–Crippen LogP) is 7.49. The molecule has 0 bridgehead atoms. The number of esters is 2. The van der Waals surface area contributed by atoms with E-state index in [1.807, 2.05) is 65.8 Å². The first-order chi connectivity index (χ1) is 24.5. The lowest BCUT2D eigenvalue weighted by Crippen LogP contribution is -2.43. The van der Waals surface area contributed by atoms with E-state index in [4.69, 9.17) is 28.4 Å². The van der Waals surface area contributed by atoms with Crippen LogP contribution < -0.4 is 9.47 Å². The summed E-state index contributed by atoms with van der Waals surface area (Å²) in [6.07, 6.45) is 4.18. The number of carbonyl (C=O) groups excluding carboxylic acids is 4. The molecule has 52 heavy (non-hydrogen) atoms. The van der Waals surface area contributed by atoms with Crippen molar-refractivity contribution in [2.75, 3.05) is 54.1 Å². The Labute approximate surface area is 307 Å². The monoisotopic (exact) mass is 722 g/mol. The van der Waals surface area contributed by atoms with Crippen molar-refractivity contribution in [2.45, 2.75) is 84.3 Å². The van der Waals surface area contributed by atoms with E-state index in [9.17, 15) is 19.2 Å². The number of hydrogen-bond donors (Lipinski definition) is 0. The number of hydrogen-bond acceptors (Lipinski definition) is 10. The molecule has 2 aromatic carbocycles. The Bertz CT molecular complexity index is 1620. The minimum Gasteiger partial charge on any atom is -0.496 e. The molecule has 12 nitrogen and oxygen atoms in total. The molecule has 12 heteroatoms. The minimum atomic E-state index is -0.596. The molecule has 0 spiro atoms. The molecule has 2 saturated heterocycles. The van der Waals surface area contributed by atoms with E-state index in [0.717, 1.165) is 11.1 Å². The van der Waals surface area contributed by atoms with Crippen molar-refractivity contribution in [3.8, 4) is 11.5 Å². The summed E-state index contributed by atoms with van der Waals surface area (Å²) in [4.78, 5) is 54.2. The first-order valence-electron chi connectivity index (χ1n) is 17.8. The van der Waals surface area contributed by atoms with Gasteiger partial charge in [-0.05, 0) is 109 Å². The highest BCUT2D eigenvalue weighted by Crippen LogP contribution is 2.37. The largest absolute Gasteiger partial charge is 0.496 e. The molecule has 2 heterocycles. The average Bonchev–Trinajstić information content (AvgIpc) is 3.10. The van der Waals surface area contributed by atoms with E-state index >= 15 is 0 Å². The Morgan fingerprint density at radius 1 is 0.731 bits per heavy atom. The van der Waals surface area contributed by atoms with Gasteiger partial charge in [0.1, 0.15) is 33.8 Å². The molecule has 0 aromatic heterocycles. The molecule has 284 valence electrons. The number of amides is 2. The molecule has 0 N–H and O–H groups in total. The van der Waals surface area contributed by atoms with Crippen molar-refractivity contribution >= 4 is 30.2 Å². The molecule has 2 fully saturated rings. The lowest BCUT2D eigenvalue weighted by Gasteiger charge is -2.37. The molecule has 2 aliphatic heterocycles. The van der Waals surface area contributed by atoms with Gasteiger partial charge in [-0.25, -0.2) is 19.2 Å². The summed E-state index contributed by atoms with van der Waals surface area (Å²) in [7, 11) is 4.15. The van der Waals surface area contributed by atoms with Crippen LogP contribution in [0.5, 0.6) is 11.5 Å². The van der Waals surface area contributed by atoms with Crippen molar-refractivity contribution in [3.63, 3.8) is 0 Å². The third-order valence-electron chi connectivity index (χ3n) is 9.08. The summed E-state index contributed by atoms with van der Waals surface area (Å²) in [5.41, 5.74) is 2.36. The van der Waals surface area contributed by atoms with Gasteiger partial charge in [-0.15, -0.1) is 0 Å². The zero-order chi connectivity index (χ0) is 38.2. The fourth-order valence-electron chi connectivity index (χ4n) is 6.42. The number of nitrogens with zero attached hydrogens (tertiary/aromatic N) is 2. The van der Waals surface area contributed by atoms with Crippen molar-refractivity contribution in [3.05, 3.63) is 64.2 Å². The number of piperidine rings is 2. The number of carbonyl (C=O) groups is 4. The van der Waals surface area contributed by atoms with Gasteiger partial charge in [-0.2, -0.15) is 0 Å². The van der Waals surface area contributed by atoms with Gasteiger partial charge in [0.15, 0.2) is 0 Å². The molecule has 4 rings (SSSR count). The van der Waals surface area contributed by atoms with E-state index in [1.54, 1.807) is 21.9 Å². The van der Waals surface area contributed by atoms with E-state index < -0.39 is 23.1 Å². The molecular weight excluding hydrogens is 668 g/mol. The number of benzene rings is 2. The molecule has 0 saturated carbocycles. The summed E-state index contributed by atoms with van der Waals surface area (Å²) in [5, 5.41) is 0. The molecular formula is C40H54N2O10. The summed E-state index contributed by atoms with van der Waals surface area (Å²) in [5.74, 6) is -0.374. The van der Waals surface area contributed by atoms with Crippen LogP contribution in [0.3, 0.4) is 0 Å². The van der Waals surface area contributed by atoms with Gasteiger partial charge in [0, 0.05) is 32.1 Å². The molecule has 2 amide bonds. The van der Waals surface area contributed by atoms with Gasteiger partial charge >= 0.3 is 24.1 Å². The summed E-state index contributed by atoms with van der Waals surface area (Å²) >= 11 is 0. The quantitative estimate of drug-likeness (QED) is 0.190. The van der Waals surface area contributed by atoms with Crippen LogP contribution in [0.15, 0.2) is 42.0 Å². The van der Waals surface area contributed by atoms with Crippen LogP contribution in [-0.4, -0.2) is 99.2 Å². The van der Waals surface area contributed by atoms with Gasteiger partial charge < -0.3 is 38.2 Å². The fourth-order valence-corrected chi connectivity index (χ4v) is 6.42. The first-order valence-corrected chi connectivity index (χ1v) is 17.8. The third-order valence-corrected chi connectivity index (χ3v) is 9.08. The number of methoxy groups -OCH3 is 3. The van der Waals surface area contributed by atoms with Crippen LogP contribution in [0, 0.1) is 5.92 Å². The molecule has 2 aliphatic rings. The average molecular weight is 723 g/mol. The Kier molecular flexibility index (Phi) is 13.2. The number of rotatable bonds is 9. The topological polar surface area (TPSA) is 130 Å². The van der Waals surface area contributed by atoms with Gasteiger partial charge in [-0.1, -0.05) is 23.8 Å². The lowest BCUT2D eigenvalue weighted by atomic mass is 9.80. The molecule has 0 radical (unpaired) electrons. The maximum absolute atomic E-state index is 12.9. The van der Waals surface area contributed by atoms with Crippen molar-refractivity contribution in [1.82, 2.24) is 9.80 Å². The van der Waals surface area contributed by atoms with Crippen molar-refractivity contribution < 1.29 is 47.6 Å². The Morgan fingerprint density at radius 2 is 1.25 bits per heavy atom.